The molecular formula is C6H15AlO12S3. The van der Waals surface area contributed by atoms with E-state index in [0.717, 1.165) is 0 Å². The first-order valence-electron chi connectivity index (χ1n) is 4.81. The summed E-state index contributed by atoms with van der Waals surface area (Å²) in [7, 11) is -12.5. The van der Waals surface area contributed by atoms with Crippen LogP contribution in [0.5, 0.6) is 0 Å². The van der Waals surface area contributed by atoms with Crippen LogP contribution in [0.25, 0.3) is 0 Å². The Balaban J connectivity index is -0.000000108. The van der Waals surface area contributed by atoms with E-state index in [1.54, 1.807) is 0 Å². The van der Waals surface area contributed by atoms with Crippen LogP contribution in [-0.2, 0) is 30.4 Å². The molecule has 0 spiro atoms. The first-order chi connectivity index (χ1) is 9.18. The predicted molar refractivity (Wildman–Crippen MR) is 70.7 cm³/mol. The third-order valence-electron chi connectivity index (χ3n) is 1.02. The SMILES string of the molecule is O=S(=O)([O-])CCO.O=S(=O)([O-])CCO.O=S(=O)([O-])CCO.[Al+3]. The first kappa shape index (κ1) is 30.1. The van der Waals surface area contributed by atoms with Gasteiger partial charge in [0.1, 0.15) is 0 Å². The molecule has 0 amide bonds. The third kappa shape index (κ3) is 50.1. The Labute approximate surface area is 139 Å². The van der Waals surface area contributed by atoms with Gasteiger partial charge < -0.3 is 29.0 Å². The van der Waals surface area contributed by atoms with Gasteiger partial charge in [0.2, 0.25) is 0 Å². The van der Waals surface area contributed by atoms with Crippen LogP contribution in [0, 0.1) is 0 Å². The van der Waals surface area contributed by atoms with Crippen LogP contribution in [0.1, 0.15) is 0 Å². The van der Waals surface area contributed by atoms with Crippen molar-refractivity contribution in [2.45, 2.75) is 0 Å². The largest absolute Gasteiger partial charge is 3.00 e. The standard InChI is InChI=1S/3C2H6O4S.Al/c3*3-1-2-7(4,5)6;/h3*3H,1-2H2,(H,4,5,6);/q;;;+3/p-3. The molecule has 22 heavy (non-hydrogen) atoms. The topological polar surface area (TPSA) is 232 Å². The Kier molecular flexibility index (Phi) is 20.1. The normalized spacial score (nSPS) is 11.2. The molecule has 0 bridgehead atoms. The molecule has 12 nitrogen and oxygen atoms in total. The van der Waals surface area contributed by atoms with Crippen molar-refractivity contribution in [1.82, 2.24) is 0 Å². The molecule has 0 heterocycles. The molecule has 0 aliphatic carbocycles. The van der Waals surface area contributed by atoms with Crippen molar-refractivity contribution in [2.24, 2.45) is 0 Å². The summed E-state index contributed by atoms with van der Waals surface area (Å²) in [6.07, 6.45) is 0. The van der Waals surface area contributed by atoms with Crippen LogP contribution >= 0.6 is 0 Å². The summed E-state index contributed by atoms with van der Waals surface area (Å²) in [5, 5.41) is 23.5. The van der Waals surface area contributed by atoms with E-state index in [2.05, 4.69) is 0 Å². The van der Waals surface area contributed by atoms with E-state index in [1.807, 2.05) is 0 Å². The molecule has 3 N–H and O–H groups in total. The summed E-state index contributed by atoms with van der Waals surface area (Å²) in [5.74, 6) is -2.06. The Hall–Kier alpha value is 0.142. The van der Waals surface area contributed by atoms with Crippen LogP contribution in [-0.4, -0.2) is 109 Å². The maximum Gasteiger partial charge on any atom is 3.00 e. The van der Waals surface area contributed by atoms with Crippen molar-refractivity contribution in [2.75, 3.05) is 37.1 Å². The van der Waals surface area contributed by atoms with Crippen molar-refractivity contribution in [1.29, 1.82) is 0 Å². The van der Waals surface area contributed by atoms with Gasteiger partial charge in [0.05, 0.1) is 67.4 Å². The average Bonchev–Trinajstić information content (AvgIpc) is 2.12. The minimum Gasteiger partial charge on any atom is -0.748 e. The van der Waals surface area contributed by atoms with Crippen molar-refractivity contribution >= 4 is 47.7 Å². The maximum atomic E-state index is 9.52. The van der Waals surface area contributed by atoms with Gasteiger partial charge in [-0.25, -0.2) is 25.3 Å². The minimum atomic E-state index is -4.17. The summed E-state index contributed by atoms with van der Waals surface area (Å²) >= 11 is 0. The van der Waals surface area contributed by atoms with Gasteiger partial charge in [-0.3, -0.25) is 0 Å². The molecule has 132 valence electrons. The molecule has 0 saturated carbocycles. The van der Waals surface area contributed by atoms with E-state index in [9.17, 15) is 38.9 Å². The van der Waals surface area contributed by atoms with Crippen LogP contribution in [0.15, 0.2) is 0 Å². The van der Waals surface area contributed by atoms with E-state index < -0.39 is 67.4 Å². The number of aliphatic hydroxyl groups is 3. The fourth-order valence-corrected chi connectivity index (χ4v) is 1.01. The molecule has 0 atom stereocenters. The molecular weight excluding hydrogens is 387 g/mol. The van der Waals surface area contributed by atoms with Gasteiger partial charge in [0.25, 0.3) is 0 Å². The van der Waals surface area contributed by atoms with Crippen LogP contribution < -0.4 is 0 Å². The quantitative estimate of drug-likeness (QED) is 0.280. The van der Waals surface area contributed by atoms with Gasteiger partial charge in [-0.2, -0.15) is 0 Å². The Bertz CT molecular complexity index is 455. The Morgan fingerprint density at radius 1 is 0.545 bits per heavy atom. The predicted octanol–water partition coefficient (Wildman–Crippen LogP) is -4.81. The van der Waals surface area contributed by atoms with Gasteiger partial charge in [0, 0.05) is 0 Å². The summed E-state index contributed by atoms with van der Waals surface area (Å²) < 4.78 is 85.6. The second-order valence-electron chi connectivity index (χ2n) is 2.96. The first-order valence-corrected chi connectivity index (χ1v) is 9.55. The molecule has 0 aromatic heterocycles. The van der Waals surface area contributed by atoms with Crippen molar-refractivity contribution in [3.8, 4) is 0 Å². The summed E-state index contributed by atoms with van der Waals surface area (Å²) in [6.45, 7) is -1.77. The monoisotopic (exact) mass is 402 g/mol. The van der Waals surface area contributed by atoms with E-state index in [1.165, 1.54) is 0 Å². The van der Waals surface area contributed by atoms with Crippen molar-refractivity contribution in [3.63, 3.8) is 0 Å². The fraction of sp³-hybridized carbons (Fsp3) is 1.00. The number of hydrogen-bond donors (Lipinski definition) is 3. The molecule has 0 fully saturated rings. The van der Waals surface area contributed by atoms with Crippen molar-refractivity contribution in [3.05, 3.63) is 0 Å². The Morgan fingerprint density at radius 3 is 0.682 bits per heavy atom. The minimum absolute atomic E-state index is 0. The zero-order valence-corrected chi connectivity index (χ0v) is 14.7. The van der Waals surface area contributed by atoms with Gasteiger partial charge in [0.15, 0.2) is 0 Å². The van der Waals surface area contributed by atoms with E-state index in [-0.39, 0.29) is 17.4 Å². The third-order valence-corrected chi connectivity index (χ3v) is 3.07. The van der Waals surface area contributed by atoms with Crippen molar-refractivity contribution < 1.29 is 54.2 Å². The second kappa shape index (κ2) is 14.7. The van der Waals surface area contributed by atoms with E-state index >= 15 is 0 Å². The van der Waals surface area contributed by atoms with Crippen LogP contribution in [0.2, 0.25) is 0 Å². The zero-order valence-electron chi connectivity index (χ0n) is 11.1. The molecule has 0 unspecified atom stereocenters. The summed E-state index contributed by atoms with van der Waals surface area (Å²) in [5.41, 5.74) is 0. The van der Waals surface area contributed by atoms with Crippen LogP contribution in [0.3, 0.4) is 0 Å². The maximum absolute atomic E-state index is 9.52. The molecule has 0 aliphatic rings. The van der Waals surface area contributed by atoms with Gasteiger partial charge in [-0.1, -0.05) is 0 Å². The molecule has 0 saturated heterocycles. The molecule has 0 radical (unpaired) electrons. The zero-order chi connectivity index (χ0) is 17.7. The Morgan fingerprint density at radius 2 is 0.682 bits per heavy atom. The second-order valence-corrected chi connectivity index (χ2v) is 7.53. The number of hydrogen-bond acceptors (Lipinski definition) is 12. The van der Waals surface area contributed by atoms with Gasteiger partial charge in [-0.15, -0.1) is 0 Å². The fourth-order valence-electron chi connectivity index (χ4n) is 0.335. The van der Waals surface area contributed by atoms with E-state index in [4.69, 9.17) is 15.3 Å². The van der Waals surface area contributed by atoms with E-state index in [0.29, 0.717) is 0 Å². The molecule has 16 heteroatoms. The summed E-state index contributed by atoms with van der Waals surface area (Å²) in [6, 6.07) is 0. The molecule has 0 rings (SSSR count). The number of aliphatic hydroxyl groups excluding tert-OH is 3. The molecule has 0 aromatic carbocycles. The van der Waals surface area contributed by atoms with Gasteiger partial charge >= 0.3 is 17.4 Å². The summed E-state index contributed by atoms with van der Waals surface area (Å²) in [4.78, 5) is 0. The van der Waals surface area contributed by atoms with Crippen LogP contribution in [0.4, 0.5) is 0 Å². The molecule has 0 aromatic rings. The average molecular weight is 402 g/mol. The number of rotatable bonds is 6. The van der Waals surface area contributed by atoms with Gasteiger partial charge in [-0.05, 0) is 0 Å². The smallest absolute Gasteiger partial charge is 0.748 e. The molecule has 0 aliphatic heterocycles.